The summed E-state index contributed by atoms with van der Waals surface area (Å²) in [5.74, 6) is -1.73. The van der Waals surface area contributed by atoms with E-state index in [-0.39, 0.29) is 31.8 Å². The number of piperidine rings is 2. The van der Waals surface area contributed by atoms with Gasteiger partial charge in [-0.15, -0.1) is 0 Å². The predicted molar refractivity (Wildman–Crippen MR) is 152 cm³/mol. The first kappa shape index (κ1) is 25.7. The van der Waals surface area contributed by atoms with E-state index in [1.807, 2.05) is 36.1 Å². The number of nitrogens with zero attached hydrogens (tertiary/aromatic N) is 3. The number of carbonyl (C=O) groups excluding carboxylic acids is 1. The summed E-state index contributed by atoms with van der Waals surface area (Å²) in [7, 11) is 0. The van der Waals surface area contributed by atoms with Crippen LogP contribution in [0.2, 0.25) is 0 Å². The summed E-state index contributed by atoms with van der Waals surface area (Å²) < 4.78 is 31.2. The number of pyridine rings is 1. The molecule has 2 saturated carbocycles. The van der Waals surface area contributed by atoms with Crippen LogP contribution in [0.5, 0.6) is 0 Å². The van der Waals surface area contributed by atoms with Crippen molar-refractivity contribution < 1.29 is 13.6 Å². The fourth-order valence-corrected chi connectivity index (χ4v) is 6.33. The third kappa shape index (κ3) is 5.72. The number of alkyl halides is 2. The van der Waals surface area contributed by atoms with Crippen LogP contribution in [0.1, 0.15) is 74.2 Å². The number of halogens is 2. The molecule has 2 saturated heterocycles. The zero-order valence-electron chi connectivity index (χ0n) is 22.3. The van der Waals surface area contributed by atoms with Crippen LogP contribution in [0.3, 0.4) is 0 Å². The van der Waals surface area contributed by atoms with E-state index < -0.39 is 5.92 Å². The minimum absolute atomic E-state index is 0.178. The zero-order valence-corrected chi connectivity index (χ0v) is 23.1. The van der Waals surface area contributed by atoms with Gasteiger partial charge in [0.2, 0.25) is 0 Å². The molecule has 0 radical (unpaired) electrons. The second-order valence-electron chi connectivity index (χ2n) is 12.1. The van der Waals surface area contributed by atoms with Crippen molar-refractivity contribution in [3.05, 3.63) is 41.5 Å². The number of aromatic nitrogens is 1. The molecule has 4 fully saturated rings. The summed E-state index contributed by atoms with van der Waals surface area (Å²) in [5, 5.41) is 3.01. The molecule has 204 valence electrons. The van der Waals surface area contributed by atoms with Gasteiger partial charge in [0, 0.05) is 49.5 Å². The average molecular weight is 542 g/mol. The second-order valence-corrected chi connectivity index (χ2v) is 13.5. The zero-order chi connectivity index (χ0) is 26.5. The Kier molecular flexibility index (Phi) is 6.48. The number of anilines is 4. The van der Waals surface area contributed by atoms with Gasteiger partial charge in [-0.05, 0) is 106 Å². The van der Waals surface area contributed by atoms with Crippen molar-refractivity contribution in [2.45, 2.75) is 75.9 Å². The van der Waals surface area contributed by atoms with Crippen LogP contribution in [-0.4, -0.2) is 47.7 Å². The van der Waals surface area contributed by atoms with Crippen LogP contribution in [0.15, 0.2) is 30.3 Å². The number of nitrogens with one attached hydrogen (secondary N) is 2. The van der Waals surface area contributed by atoms with E-state index in [0.717, 1.165) is 30.0 Å². The topological polar surface area (TPSA) is 60.5 Å². The Labute approximate surface area is 228 Å². The maximum absolute atomic E-state index is 13.7. The van der Waals surface area contributed by atoms with Gasteiger partial charge in [0.25, 0.3) is 11.8 Å². The van der Waals surface area contributed by atoms with Crippen LogP contribution < -0.4 is 19.8 Å². The van der Waals surface area contributed by atoms with Gasteiger partial charge in [-0.1, -0.05) is 0 Å². The van der Waals surface area contributed by atoms with Gasteiger partial charge in [0.1, 0.15) is 11.6 Å². The minimum atomic E-state index is -2.61. The molecular formula is C29H37F2N5OS. The summed E-state index contributed by atoms with van der Waals surface area (Å²) in [4.78, 5) is 22.5. The highest BCUT2D eigenvalue weighted by Gasteiger charge is 2.45. The Balaban J connectivity index is 1.22. The summed E-state index contributed by atoms with van der Waals surface area (Å²) in [6.45, 7) is 6.63. The smallest absolute Gasteiger partial charge is 0.258 e. The molecule has 3 heterocycles. The lowest BCUT2D eigenvalue weighted by molar-refractivity contribution is -0.0221. The van der Waals surface area contributed by atoms with Gasteiger partial charge in [-0.25, -0.2) is 13.8 Å². The van der Waals surface area contributed by atoms with Gasteiger partial charge < -0.3 is 19.8 Å². The first-order valence-corrected chi connectivity index (χ1v) is 14.7. The van der Waals surface area contributed by atoms with E-state index in [2.05, 4.69) is 32.9 Å². The Morgan fingerprint density at radius 3 is 2.26 bits per heavy atom. The Bertz CT molecular complexity index is 1210. The number of hydrogen-bond acceptors (Lipinski definition) is 6. The third-order valence-electron chi connectivity index (χ3n) is 8.75. The van der Waals surface area contributed by atoms with Crippen LogP contribution in [-0.2, 0) is 0 Å². The lowest BCUT2D eigenvalue weighted by Crippen LogP contribution is -2.39. The van der Waals surface area contributed by atoms with Crippen molar-refractivity contribution in [3.63, 3.8) is 0 Å². The lowest BCUT2D eigenvalue weighted by atomic mass is 9.93. The Morgan fingerprint density at radius 1 is 0.921 bits per heavy atom. The third-order valence-corrected chi connectivity index (χ3v) is 9.99. The Hall–Kier alpha value is -2.55. The van der Waals surface area contributed by atoms with E-state index in [9.17, 15) is 13.6 Å². The number of hydrogen-bond donors (Lipinski definition) is 2. The van der Waals surface area contributed by atoms with Gasteiger partial charge >= 0.3 is 0 Å². The molecule has 0 unspecified atom stereocenters. The molecule has 1 spiro atoms. The SMILES string of the molecule is Cc1cc(NC(=O)c2ccc(NSC3(C)CC3)cc2N2CCC3(CC2)CC3)nc(N2CCC(F)(F)CC2)c1. The maximum atomic E-state index is 13.7. The second kappa shape index (κ2) is 9.57. The Morgan fingerprint density at radius 2 is 1.61 bits per heavy atom. The van der Waals surface area contributed by atoms with Crippen molar-refractivity contribution in [1.82, 2.24) is 4.98 Å². The normalized spacial score (nSPS) is 22.7. The lowest BCUT2D eigenvalue weighted by Gasteiger charge is -2.35. The molecule has 1 aromatic heterocycles. The largest absolute Gasteiger partial charge is 0.371 e. The highest BCUT2D eigenvalue weighted by atomic mass is 32.2. The molecule has 0 atom stereocenters. The molecule has 2 aliphatic heterocycles. The van der Waals surface area contributed by atoms with Crippen molar-refractivity contribution >= 4 is 40.9 Å². The van der Waals surface area contributed by atoms with Gasteiger partial charge in [0.15, 0.2) is 0 Å². The highest BCUT2D eigenvalue weighted by Crippen LogP contribution is 2.54. The summed E-state index contributed by atoms with van der Waals surface area (Å²) in [6.07, 6.45) is 7.11. The van der Waals surface area contributed by atoms with E-state index in [4.69, 9.17) is 0 Å². The standard InChI is InChI=1S/C29H37F2N5OS/c1-20-17-24(32-25(18-20)36-15-11-29(30,31)12-16-36)33-26(37)22-4-3-21(34-38-27(2)5-6-27)19-23(22)35-13-9-28(7-8-28)10-14-35/h3-4,17-19,34H,5-16H2,1-2H3,(H,32,33,37). The molecule has 1 amide bonds. The number of benzene rings is 1. The fourth-order valence-electron chi connectivity index (χ4n) is 5.53. The van der Waals surface area contributed by atoms with Gasteiger partial charge in [0.05, 0.1) is 11.3 Å². The molecule has 38 heavy (non-hydrogen) atoms. The molecule has 0 bridgehead atoms. The highest BCUT2D eigenvalue weighted by molar-refractivity contribution is 8.02. The average Bonchev–Trinajstić information content (AvgIpc) is 3.81. The van der Waals surface area contributed by atoms with Crippen LogP contribution in [0, 0.1) is 12.3 Å². The summed E-state index contributed by atoms with van der Waals surface area (Å²) in [6, 6.07) is 9.73. The molecule has 6 rings (SSSR count). The maximum Gasteiger partial charge on any atom is 0.258 e. The quantitative estimate of drug-likeness (QED) is 0.373. The molecule has 2 aromatic rings. The number of rotatable bonds is 7. The van der Waals surface area contributed by atoms with Gasteiger partial charge in [-0.3, -0.25) is 4.79 Å². The summed E-state index contributed by atoms with van der Waals surface area (Å²) >= 11 is 1.77. The van der Waals surface area contributed by atoms with Crippen LogP contribution >= 0.6 is 11.9 Å². The summed E-state index contributed by atoms with van der Waals surface area (Å²) in [5.41, 5.74) is 4.08. The van der Waals surface area contributed by atoms with E-state index in [0.29, 0.717) is 27.4 Å². The number of aryl methyl sites for hydroxylation is 1. The van der Waals surface area contributed by atoms with Crippen molar-refractivity contribution in [2.24, 2.45) is 5.41 Å². The predicted octanol–water partition coefficient (Wildman–Crippen LogP) is 6.87. The molecule has 4 aliphatic rings. The van der Waals surface area contributed by atoms with Crippen LogP contribution in [0.25, 0.3) is 0 Å². The van der Waals surface area contributed by atoms with E-state index in [1.165, 1.54) is 38.5 Å². The van der Waals surface area contributed by atoms with Gasteiger partial charge in [-0.2, -0.15) is 0 Å². The molecule has 6 nitrogen and oxygen atoms in total. The van der Waals surface area contributed by atoms with E-state index >= 15 is 0 Å². The van der Waals surface area contributed by atoms with Crippen molar-refractivity contribution in [3.8, 4) is 0 Å². The molecular weight excluding hydrogens is 504 g/mol. The molecule has 9 heteroatoms. The first-order chi connectivity index (χ1) is 18.1. The van der Waals surface area contributed by atoms with E-state index in [1.54, 1.807) is 11.9 Å². The first-order valence-electron chi connectivity index (χ1n) is 13.9. The number of carbonyl (C=O) groups is 1. The number of amides is 1. The minimum Gasteiger partial charge on any atom is -0.371 e. The van der Waals surface area contributed by atoms with Crippen molar-refractivity contribution in [2.75, 3.05) is 46.0 Å². The van der Waals surface area contributed by atoms with Crippen molar-refractivity contribution in [1.29, 1.82) is 0 Å². The molecule has 1 aromatic carbocycles. The fraction of sp³-hybridized carbons (Fsp3) is 0.586. The van der Waals surface area contributed by atoms with Crippen LogP contribution in [0.4, 0.5) is 31.8 Å². The molecule has 2 aliphatic carbocycles. The molecule has 2 N–H and O–H groups in total. The monoisotopic (exact) mass is 541 g/mol.